The quantitative estimate of drug-likeness (QED) is 0.259. The van der Waals surface area contributed by atoms with E-state index in [-0.39, 0.29) is 27.7 Å². The Balaban J connectivity index is 0.964. The molecule has 0 spiro atoms. The number of halogens is 3. The van der Waals surface area contributed by atoms with Crippen LogP contribution in [0.15, 0.2) is 36.8 Å². The Hall–Kier alpha value is -3.18. The van der Waals surface area contributed by atoms with Crippen molar-refractivity contribution in [2.24, 2.45) is 10.8 Å². The summed E-state index contributed by atoms with van der Waals surface area (Å²) in [6, 6.07) is 8.53. The van der Waals surface area contributed by atoms with E-state index in [1.165, 1.54) is 28.4 Å². The zero-order valence-corrected chi connectivity index (χ0v) is 24.7. The molecule has 2 N–H and O–H groups in total. The summed E-state index contributed by atoms with van der Waals surface area (Å²) >= 11 is 1.08. The highest BCUT2D eigenvalue weighted by Crippen LogP contribution is 2.74. The van der Waals surface area contributed by atoms with Crippen LogP contribution in [-0.2, 0) is 24.3 Å². The van der Waals surface area contributed by atoms with E-state index in [0.29, 0.717) is 16.0 Å². The molecular formula is C31H35F3N6OS. The van der Waals surface area contributed by atoms with Gasteiger partial charge < -0.3 is 15.2 Å². The van der Waals surface area contributed by atoms with Crippen LogP contribution < -0.4 is 10.6 Å². The molecule has 42 heavy (non-hydrogen) atoms. The van der Waals surface area contributed by atoms with Gasteiger partial charge in [0.15, 0.2) is 0 Å². The second-order valence-corrected chi connectivity index (χ2v) is 13.9. The van der Waals surface area contributed by atoms with Gasteiger partial charge in [-0.3, -0.25) is 9.69 Å². The third-order valence-electron chi connectivity index (χ3n) is 9.77. The molecule has 1 aromatic carbocycles. The fraction of sp³-hybridized carbons (Fsp3) is 0.516. The van der Waals surface area contributed by atoms with Gasteiger partial charge in [0, 0.05) is 61.2 Å². The topological polar surface area (TPSA) is 75.1 Å². The van der Waals surface area contributed by atoms with Crippen molar-refractivity contribution in [2.75, 3.05) is 25.5 Å². The number of hydrogen-bond donors (Lipinski definition) is 2. The number of alkyl halides is 3. The largest absolute Gasteiger partial charge is 0.393 e. The van der Waals surface area contributed by atoms with Crippen molar-refractivity contribution < 1.29 is 18.0 Å². The number of amides is 1. The third-order valence-corrected chi connectivity index (χ3v) is 10.8. The molecule has 0 radical (unpaired) electrons. The molecule has 1 amide bonds. The van der Waals surface area contributed by atoms with Crippen LogP contribution >= 0.6 is 11.3 Å². The molecule has 3 saturated carbocycles. The third kappa shape index (κ3) is 4.84. The lowest BCUT2D eigenvalue weighted by Gasteiger charge is -2.69. The first-order chi connectivity index (χ1) is 20.1. The summed E-state index contributed by atoms with van der Waals surface area (Å²) in [5, 5.41) is 8.29. The number of piperidine rings is 1. The first-order valence-corrected chi connectivity index (χ1v) is 15.5. The summed E-state index contributed by atoms with van der Waals surface area (Å²) in [4.78, 5) is 24.0. The van der Waals surface area contributed by atoms with Gasteiger partial charge in [0.05, 0.1) is 17.2 Å². The van der Waals surface area contributed by atoms with Gasteiger partial charge in [-0.25, -0.2) is 9.97 Å². The van der Waals surface area contributed by atoms with Gasteiger partial charge in [-0.1, -0.05) is 6.07 Å². The Kier molecular flexibility index (Phi) is 6.54. The summed E-state index contributed by atoms with van der Waals surface area (Å²) in [5.41, 5.74) is 4.09. The van der Waals surface area contributed by atoms with Crippen molar-refractivity contribution in [1.82, 2.24) is 24.8 Å². The lowest BCUT2D eigenvalue weighted by molar-refractivity contribution is -0.211. The monoisotopic (exact) mass is 596 g/mol. The Labute approximate surface area is 246 Å². The summed E-state index contributed by atoms with van der Waals surface area (Å²) in [7, 11) is 1.73. The average Bonchev–Trinajstić information content (AvgIpc) is 3.51. The molecule has 8 rings (SSSR count). The number of nitrogens with zero attached hydrogens (tertiary/aromatic N) is 4. The molecule has 4 heterocycles. The van der Waals surface area contributed by atoms with Gasteiger partial charge >= 0.3 is 6.18 Å². The minimum atomic E-state index is -4.24. The molecule has 2 bridgehead atoms. The molecule has 3 aliphatic carbocycles. The van der Waals surface area contributed by atoms with Crippen LogP contribution in [0, 0.1) is 17.8 Å². The Morgan fingerprint density at radius 3 is 2.60 bits per heavy atom. The molecule has 1 aliphatic heterocycles. The maximum atomic E-state index is 12.9. The van der Waals surface area contributed by atoms with Crippen molar-refractivity contribution in [2.45, 2.75) is 70.8 Å². The summed E-state index contributed by atoms with van der Waals surface area (Å²) in [6.45, 7) is 5.95. The maximum absolute atomic E-state index is 12.9. The Morgan fingerprint density at radius 1 is 1.12 bits per heavy atom. The molecule has 4 fully saturated rings. The number of thiophene rings is 1. The van der Waals surface area contributed by atoms with E-state index < -0.39 is 12.6 Å². The van der Waals surface area contributed by atoms with Crippen molar-refractivity contribution in [3.05, 3.63) is 52.8 Å². The molecule has 1 saturated heterocycles. The molecule has 11 heteroatoms. The minimum Gasteiger partial charge on any atom is -0.367 e. The first-order valence-electron chi connectivity index (χ1n) is 14.6. The number of nitrogens with one attached hydrogen (secondary N) is 2. The van der Waals surface area contributed by atoms with E-state index in [9.17, 15) is 18.0 Å². The van der Waals surface area contributed by atoms with Crippen LogP contribution in [0.25, 0.3) is 21.1 Å². The lowest BCUT2D eigenvalue weighted by atomic mass is 9.35. The number of benzene rings is 1. The fourth-order valence-electron chi connectivity index (χ4n) is 7.78. The summed E-state index contributed by atoms with van der Waals surface area (Å²) in [5.74, 6) is 0.825. The van der Waals surface area contributed by atoms with Crippen LogP contribution in [0.2, 0.25) is 0 Å². The van der Waals surface area contributed by atoms with Crippen LogP contribution in [0.1, 0.15) is 48.1 Å². The number of carbonyl (C=O) groups excluding carboxylic acids is 1. The van der Waals surface area contributed by atoms with Crippen molar-refractivity contribution >= 4 is 44.2 Å². The van der Waals surface area contributed by atoms with Gasteiger partial charge in [0.1, 0.15) is 17.0 Å². The molecule has 4 aromatic rings. The number of carbonyl (C=O) groups is 1. The number of rotatable bonds is 8. The number of aromatic nitrogens is 3. The van der Waals surface area contributed by atoms with E-state index >= 15 is 0 Å². The fourth-order valence-corrected chi connectivity index (χ4v) is 8.81. The molecular weight excluding hydrogens is 561 g/mol. The van der Waals surface area contributed by atoms with Gasteiger partial charge in [-0.05, 0) is 73.8 Å². The predicted octanol–water partition coefficient (Wildman–Crippen LogP) is 6.05. The normalized spacial score (nSPS) is 24.5. The van der Waals surface area contributed by atoms with Crippen molar-refractivity contribution in [1.29, 1.82) is 0 Å². The highest BCUT2D eigenvalue weighted by atomic mass is 32.1. The molecule has 222 valence electrons. The van der Waals surface area contributed by atoms with E-state index in [0.717, 1.165) is 69.6 Å². The van der Waals surface area contributed by atoms with Crippen molar-refractivity contribution in [3.63, 3.8) is 0 Å². The van der Waals surface area contributed by atoms with Crippen LogP contribution in [0.5, 0.6) is 0 Å². The molecule has 0 unspecified atom stereocenters. The zero-order valence-electron chi connectivity index (χ0n) is 23.9. The molecule has 4 aliphatic rings. The van der Waals surface area contributed by atoms with Crippen LogP contribution in [0.3, 0.4) is 0 Å². The van der Waals surface area contributed by atoms with Gasteiger partial charge in [-0.2, -0.15) is 13.2 Å². The van der Waals surface area contributed by atoms with Crippen molar-refractivity contribution in [3.8, 4) is 0 Å². The van der Waals surface area contributed by atoms with Gasteiger partial charge in [0.2, 0.25) is 5.91 Å². The number of aryl methyl sites for hydroxylation is 1. The van der Waals surface area contributed by atoms with E-state index in [2.05, 4.69) is 61.4 Å². The second-order valence-electron chi connectivity index (χ2n) is 12.8. The van der Waals surface area contributed by atoms with Gasteiger partial charge in [-0.15, -0.1) is 11.3 Å². The zero-order chi connectivity index (χ0) is 29.3. The minimum absolute atomic E-state index is 0.102. The SMILES string of the molecule is CNC(=O)C12CC(Cn3ccc4c(C)c(CN5CCC(Nc6ncnc7sc(CC(F)(F)F)cc67)CC5)ccc43)(C1)C2. The van der Waals surface area contributed by atoms with Gasteiger partial charge in [0.25, 0.3) is 0 Å². The standard InChI is InChI=1S/C31H35F3N6OS/c1-19-20(3-4-25-23(19)7-10-40(25)17-29-14-30(15-29,16-29)28(41)35-2)13-39-8-5-21(6-9-39)38-26-24-11-22(12-31(32,33)34)42-27(24)37-18-36-26/h3-4,7,10-11,18,21H,5-6,8-9,12-17H2,1-2H3,(H,35,41)(H,36,37,38). The average molecular weight is 597 g/mol. The van der Waals surface area contributed by atoms with E-state index in [4.69, 9.17) is 0 Å². The number of anilines is 1. The lowest BCUT2D eigenvalue weighted by Crippen LogP contribution is -2.68. The highest BCUT2D eigenvalue weighted by molar-refractivity contribution is 7.18. The predicted molar refractivity (Wildman–Crippen MR) is 159 cm³/mol. The number of fused-ring (bicyclic) bond motifs is 2. The van der Waals surface area contributed by atoms with Crippen LogP contribution in [-0.4, -0.2) is 57.7 Å². The maximum Gasteiger partial charge on any atom is 0.393 e. The van der Waals surface area contributed by atoms with E-state index in [1.54, 1.807) is 13.1 Å². The molecule has 0 atom stereocenters. The smallest absolute Gasteiger partial charge is 0.367 e. The Morgan fingerprint density at radius 2 is 1.88 bits per heavy atom. The highest BCUT2D eigenvalue weighted by Gasteiger charge is 2.71. The first kappa shape index (κ1) is 27.6. The molecule has 7 nitrogen and oxygen atoms in total. The van der Waals surface area contributed by atoms with E-state index in [1.807, 2.05) is 0 Å². The number of likely N-dealkylation sites (tertiary alicyclic amines) is 1. The summed E-state index contributed by atoms with van der Waals surface area (Å²) in [6.07, 6.45) is 3.30. The Bertz CT molecular complexity index is 1650. The molecule has 3 aromatic heterocycles. The summed E-state index contributed by atoms with van der Waals surface area (Å²) < 4.78 is 41.1. The van der Waals surface area contributed by atoms with Crippen LogP contribution in [0.4, 0.5) is 19.0 Å². The number of hydrogen-bond acceptors (Lipinski definition) is 6. The second kappa shape index (κ2) is 9.94.